The third kappa shape index (κ3) is 4.26. The van der Waals surface area contributed by atoms with Crippen molar-refractivity contribution >= 4 is 17.1 Å². The fourth-order valence-electron chi connectivity index (χ4n) is 3.31. The van der Waals surface area contributed by atoms with Gasteiger partial charge in [0.15, 0.2) is 11.6 Å². The monoisotopic (exact) mass is 415 g/mol. The van der Waals surface area contributed by atoms with E-state index in [0.717, 1.165) is 11.3 Å². The quantitative estimate of drug-likeness (QED) is 0.606. The van der Waals surface area contributed by atoms with Crippen LogP contribution in [0.1, 0.15) is 29.9 Å². The lowest BCUT2D eigenvalue weighted by Gasteiger charge is -2.35. The largest absolute Gasteiger partial charge is 0.349 e. The lowest BCUT2D eigenvalue weighted by atomic mass is 9.99. The number of hydrogen-bond donors (Lipinski definition) is 2. The first-order valence-corrected chi connectivity index (χ1v) is 10.0. The fourth-order valence-corrected chi connectivity index (χ4v) is 3.58. The molecule has 0 bridgehead atoms. The summed E-state index contributed by atoms with van der Waals surface area (Å²) in [5.41, 5.74) is 2.17. The molecule has 2 N–H and O–H groups in total. The molecule has 0 saturated heterocycles. The zero-order valence-electron chi connectivity index (χ0n) is 15.5. The van der Waals surface area contributed by atoms with Crippen molar-refractivity contribution in [3.8, 4) is 11.6 Å². The van der Waals surface area contributed by atoms with Gasteiger partial charge >= 0.3 is 0 Å². The van der Waals surface area contributed by atoms with Gasteiger partial charge < -0.3 is 4.90 Å². The first-order valence-electron chi connectivity index (χ1n) is 8.92. The van der Waals surface area contributed by atoms with E-state index in [-0.39, 0.29) is 12.6 Å². The maximum atomic E-state index is 14.1. The topological polar surface area (TPSA) is 117 Å². The lowest BCUT2D eigenvalue weighted by molar-refractivity contribution is 0.546. The minimum absolute atomic E-state index is 0.0176. The molecule has 0 spiro atoms. The van der Waals surface area contributed by atoms with Crippen molar-refractivity contribution in [2.24, 2.45) is 0 Å². The van der Waals surface area contributed by atoms with E-state index >= 15 is 0 Å². The second-order valence-electron chi connectivity index (χ2n) is 6.49. The summed E-state index contributed by atoms with van der Waals surface area (Å²) in [6.07, 6.45) is 5.67. The average Bonchev–Trinajstić information content (AvgIpc) is 2.72. The van der Waals surface area contributed by atoms with E-state index in [9.17, 15) is 8.60 Å². The third-order valence-corrected chi connectivity index (χ3v) is 5.06. The number of fused-ring (bicyclic) bond motifs is 1. The summed E-state index contributed by atoms with van der Waals surface area (Å²) < 4.78 is 36.1. The Hall–Kier alpha value is -2.89. The van der Waals surface area contributed by atoms with Gasteiger partial charge in [0, 0.05) is 43.2 Å². The third-order valence-electron chi connectivity index (χ3n) is 4.67. The molecule has 0 fully saturated rings. The molecule has 2 unspecified atom stereocenters. The highest BCUT2D eigenvalue weighted by molar-refractivity contribution is 7.77. The van der Waals surface area contributed by atoms with Crippen LogP contribution in [0.15, 0.2) is 36.8 Å². The Morgan fingerprint density at radius 2 is 2.03 bits per heavy atom. The van der Waals surface area contributed by atoms with Crippen LogP contribution in [0.4, 0.5) is 10.2 Å². The predicted octanol–water partition coefficient (Wildman–Crippen LogP) is 1.82. The number of halogens is 1. The molecule has 11 heteroatoms. The normalized spacial score (nSPS) is 17.1. The van der Waals surface area contributed by atoms with Gasteiger partial charge in [0.25, 0.3) is 0 Å². The lowest BCUT2D eigenvalue weighted by Crippen LogP contribution is -2.35. The van der Waals surface area contributed by atoms with E-state index < -0.39 is 17.1 Å². The van der Waals surface area contributed by atoms with Crippen LogP contribution in [0, 0.1) is 5.82 Å². The van der Waals surface area contributed by atoms with Crippen LogP contribution < -0.4 is 9.62 Å². The van der Waals surface area contributed by atoms with Crippen LogP contribution in [-0.4, -0.2) is 40.2 Å². The van der Waals surface area contributed by atoms with Gasteiger partial charge in [-0.15, -0.1) is 0 Å². The zero-order chi connectivity index (χ0) is 20.4. The van der Waals surface area contributed by atoms with Gasteiger partial charge in [0.2, 0.25) is 11.3 Å². The van der Waals surface area contributed by atoms with Crippen molar-refractivity contribution in [1.82, 2.24) is 29.6 Å². The van der Waals surface area contributed by atoms with Gasteiger partial charge in [-0.25, -0.2) is 38.2 Å². The maximum absolute atomic E-state index is 14.1. The highest BCUT2D eigenvalue weighted by Crippen LogP contribution is 2.32. The van der Waals surface area contributed by atoms with E-state index in [1.165, 1.54) is 12.1 Å². The Morgan fingerprint density at radius 1 is 1.24 bits per heavy atom. The first-order chi connectivity index (χ1) is 14.0. The standard InChI is InChI=1S/C18H18FN7O2S/c1-11-14-10-22-18(17-20-4-2-5-21-17)25-15(14)3-6-26(11)16-8-12(19)7-13(24-16)9-23-29(27)28/h2,4-5,7-8,10-11,23H,3,6,9H2,1H3,(H,27,28). The first kappa shape index (κ1) is 19.4. The average molecular weight is 415 g/mol. The smallest absolute Gasteiger partial charge is 0.232 e. The summed E-state index contributed by atoms with van der Waals surface area (Å²) in [5.74, 6) is 0.940. The van der Waals surface area contributed by atoms with Crippen LogP contribution in [0.3, 0.4) is 0 Å². The fraction of sp³-hybridized carbons (Fsp3) is 0.278. The minimum atomic E-state index is -2.19. The molecule has 150 valence electrons. The summed E-state index contributed by atoms with van der Waals surface area (Å²) in [6.45, 7) is 2.55. The van der Waals surface area contributed by atoms with E-state index in [1.54, 1.807) is 24.7 Å². The van der Waals surface area contributed by atoms with E-state index in [1.807, 2.05) is 11.8 Å². The SMILES string of the molecule is CC1c2cnc(-c3ncccn3)nc2CCN1c1cc(F)cc(CNS(=O)O)n1. The molecule has 0 radical (unpaired) electrons. The van der Waals surface area contributed by atoms with Gasteiger partial charge in [0.05, 0.1) is 24.0 Å². The Bertz CT molecular complexity index is 1050. The molecule has 3 aromatic rings. The number of anilines is 1. The minimum Gasteiger partial charge on any atom is -0.349 e. The molecule has 3 aromatic heterocycles. The van der Waals surface area contributed by atoms with Crippen LogP contribution >= 0.6 is 0 Å². The van der Waals surface area contributed by atoms with Gasteiger partial charge in [0.1, 0.15) is 11.6 Å². The predicted molar refractivity (Wildman–Crippen MR) is 104 cm³/mol. The van der Waals surface area contributed by atoms with Crippen LogP contribution in [0.5, 0.6) is 0 Å². The zero-order valence-corrected chi connectivity index (χ0v) is 16.3. The maximum Gasteiger partial charge on any atom is 0.232 e. The van der Waals surface area contributed by atoms with E-state index in [4.69, 9.17) is 4.55 Å². The van der Waals surface area contributed by atoms with Crippen LogP contribution in [-0.2, 0) is 24.2 Å². The molecule has 9 nitrogen and oxygen atoms in total. The van der Waals surface area contributed by atoms with Gasteiger partial charge in [-0.3, -0.25) is 4.55 Å². The summed E-state index contributed by atoms with van der Waals surface area (Å²) in [4.78, 5) is 23.8. The van der Waals surface area contributed by atoms with E-state index in [0.29, 0.717) is 36.1 Å². The second-order valence-corrected chi connectivity index (χ2v) is 7.28. The van der Waals surface area contributed by atoms with Gasteiger partial charge in [-0.05, 0) is 19.1 Å². The van der Waals surface area contributed by atoms with Crippen molar-refractivity contribution in [2.75, 3.05) is 11.4 Å². The summed E-state index contributed by atoms with van der Waals surface area (Å²) in [7, 11) is 0. The van der Waals surface area contributed by atoms with Crippen LogP contribution in [0.25, 0.3) is 11.6 Å². The van der Waals surface area contributed by atoms with Gasteiger partial charge in [-0.2, -0.15) is 0 Å². The Balaban J connectivity index is 1.61. The number of aromatic nitrogens is 5. The van der Waals surface area contributed by atoms with Crippen molar-refractivity contribution in [3.05, 3.63) is 59.6 Å². The highest BCUT2D eigenvalue weighted by atomic mass is 32.2. The molecular weight excluding hydrogens is 397 g/mol. The molecule has 0 amide bonds. The molecule has 1 aliphatic heterocycles. The number of nitrogens with zero attached hydrogens (tertiary/aromatic N) is 6. The molecule has 29 heavy (non-hydrogen) atoms. The number of pyridine rings is 1. The molecule has 2 atom stereocenters. The Kier molecular flexibility index (Phi) is 5.51. The number of rotatable bonds is 5. The molecule has 4 rings (SSSR count). The summed E-state index contributed by atoms with van der Waals surface area (Å²) in [5, 5.41) is 0. The van der Waals surface area contributed by atoms with Crippen molar-refractivity contribution in [1.29, 1.82) is 0 Å². The highest BCUT2D eigenvalue weighted by Gasteiger charge is 2.27. The van der Waals surface area contributed by atoms with Crippen molar-refractivity contribution < 1.29 is 13.2 Å². The molecule has 1 aliphatic rings. The molecule has 0 aromatic carbocycles. The van der Waals surface area contributed by atoms with Crippen LogP contribution in [0.2, 0.25) is 0 Å². The van der Waals surface area contributed by atoms with Crippen molar-refractivity contribution in [3.63, 3.8) is 0 Å². The Morgan fingerprint density at radius 3 is 2.79 bits per heavy atom. The Labute approximate surface area is 168 Å². The van der Waals surface area contributed by atoms with Crippen molar-refractivity contribution in [2.45, 2.75) is 25.9 Å². The molecule has 0 aliphatic carbocycles. The second kappa shape index (κ2) is 8.23. The molecule has 4 heterocycles. The number of hydrogen-bond acceptors (Lipinski definition) is 7. The molecule has 0 saturated carbocycles. The number of nitrogens with one attached hydrogen (secondary N) is 1. The van der Waals surface area contributed by atoms with Gasteiger partial charge in [-0.1, -0.05) is 0 Å². The summed E-state index contributed by atoms with van der Waals surface area (Å²) >= 11 is -2.19. The summed E-state index contributed by atoms with van der Waals surface area (Å²) in [6, 6.07) is 4.21. The molecular formula is C18H18FN7O2S. The van der Waals surface area contributed by atoms with E-state index in [2.05, 4.69) is 29.6 Å².